The zero-order valence-electron chi connectivity index (χ0n) is 15.9. The zero-order chi connectivity index (χ0) is 17.6. The SMILES string of the molecule is CC1(C)OCC(Cn2cc(-c3ccc(S)cc3)c3c(=O)[nH]ccc32)O1.N.O.O. The first-order valence-electron chi connectivity index (χ1n) is 8.25. The van der Waals surface area contributed by atoms with Gasteiger partial charge in [-0.05, 0) is 37.6 Å². The fourth-order valence-electron chi connectivity index (χ4n) is 3.34. The maximum absolute atomic E-state index is 12.5. The van der Waals surface area contributed by atoms with E-state index < -0.39 is 5.79 Å². The molecule has 8 nitrogen and oxygen atoms in total. The summed E-state index contributed by atoms with van der Waals surface area (Å²) in [5.41, 5.74) is 2.69. The monoisotopic (exact) mass is 409 g/mol. The number of ether oxygens (including phenoxy) is 2. The summed E-state index contributed by atoms with van der Waals surface area (Å²) in [4.78, 5) is 16.1. The average molecular weight is 410 g/mol. The van der Waals surface area contributed by atoms with Crippen LogP contribution in [0.5, 0.6) is 0 Å². The van der Waals surface area contributed by atoms with Gasteiger partial charge in [-0.25, -0.2) is 0 Å². The smallest absolute Gasteiger partial charge is 0.258 e. The molecule has 3 aromatic rings. The van der Waals surface area contributed by atoms with E-state index in [2.05, 4.69) is 22.2 Å². The summed E-state index contributed by atoms with van der Waals surface area (Å²) < 4.78 is 13.7. The minimum absolute atomic E-state index is 0. The number of hydrogen-bond acceptors (Lipinski definition) is 5. The van der Waals surface area contributed by atoms with Crippen LogP contribution in [0.4, 0.5) is 0 Å². The molecule has 0 aliphatic carbocycles. The number of pyridine rings is 1. The molecule has 1 fully saturated rings. The molecule has 1 aromatic carbocycles. The molecule has 1 saturated heterocycles. The van der Waals surface area contributed by atoms with Crippen LogP contribution in [-0.2, 0) is 16.0 Å². The topological polar surface area (TPSA) is 154 Å². The molecular weight excluding hydrogens is 382 g/mol. The lowest BCUT2D eigenvalue weighted by Crippen LogP contribution is -2.24. The standard InChI is InChI=1S/C19H20N2O3S.H3N.2H2O/c1-19(2)23-11-13(24-19)9-21-10-15(12-3-5-14(25)6-4-12)17-16(21)7-8-20-18(17)22;;;/h3-8,10,13,25H,9,11H2,1-2H3,(H,20,22);1H3;2*1H2. The Labute approximate surface area is 168 Å². The molecule has 0 amide bonds. The van der Waals surface area contributed by atoms with Gasteiger partial charge in [0.15, 0.2) is 5.79 Å². The molecule has 4 rings (SSSR count). The van der Waals surface area contributed by atoms with E-state index in [9.17, 15) is 4.79 Å². The van der Waals surface area contributed by atoms with E-state index in [0.717, 1.165) is 21.5 Å². The number of nitrogens with zero attached hydrogens (tertiary/aromatic N) is 1. The van der Waals surface area contributed by atoms with Gasteiger partial charge in [-0.1, -0.05) is 12.1 Å². The van der Waals surface area contributed by atoms with Crippen molar-refractivity contribution in [2.75, 3.05) is 6.61 Å². The van der Waals surface area contributed by atoms with E-state index >= 15 is 0 Å². The number of aromatic amines is 1. The summed E-state index contributed by atoms with van der Waals surface area (Å²) in [5, 5.41) is 0.688. The average Bonchev–Trinajstić information content (AvgIpc) is 3.10. The number of rotatable bonds is 3. The highest BCUT2D eigenvalue weighted by atomic mass is 32.1. The molecule has 0 spiro atoms. The van der Waals surface area contributed by atoms with Gasteiger partial charge in [0.2, 0.25) is 0 Å². The minimum Gasteiger partial charge on any atom is -0.412 e. The molecule has 0 bridgehead atoms. The maximum Gasteiger partial charge on any atom is 0.258 e. The molecule has 8 N–H and O–H groups in total. The molecule has 0 radical (unpaired) electrons. The van der Waals surface area contributed by atoms with Gasteiger partial charge in [0.1, 0.15) is 6.10 Å². The Bertz CT molecular complexity index is 981. The van der Waals surface area contributed by atoms with Gasteiger partial charge in [-0.3, -0.25) is 4.79 Å². The molecule has 0 saturated carbocycles. The van der Waals surface area contributed by atoms with Gasteiger partial charge in [0.05, 0.1) is 24.1 Å². The molecule has 9 heteroatoms. The van der Waals surface area contributed by atoms with Gasteiger partial charge >= 0.3 is 0 Å². The Morgan fingerprint density at radius 1 is 1.21 bits per heavy atom. The summed E-state index contributed by atoms with van der Waals surface area (Å²) in [6.45, 7) is 5.00. The zero-order valence-corrected chi connectivity index (χ0v) is 16.8. The van der Waals surface area contributed by atoms with Gasteiger partial charge in [0.25, 0.3) is 5.56 Å². The lowest BCUT2D eigenvalue weighted by atomic mass is 10.1. The summed E-state index contributed by atoms with van der Waals surface area (Å²) in [7, 11) is 0. The highest BCUT2D eigenvalue weighted by Gasteiger charge is 2.33. The molecule has 1 atom stereocenters. The molecule has 1 unspecified atom stereocenters. The van der Waals surface area contributed by atoms with Gasteiger partial charge in [-0.15, -0.1) is 12.6 Å². The molecule has 154 valence electrons. The second kappa shape index (κ2) is 8.91. The van der Waals surface area contributed by atoms with Crippen molar-refractivity contribution in [3.63, 3.8) is 0 Å². The van der Waals surface area contributed by atoms with Crippen molar-refractivity contribution in [1.82, 2.24) is 15.7 Å². The highest BCUT2D eigenvalue weighted by molar-refractivity contribution is 7.80. The Morgan fingerprint density at radius 2 is 1.89 bits per heavy atom. The predicted molar refractivity (Wildman–Crippen MR) is 112 cm³/mol. The number of H-pyrrole nitrogens is 1. The third-order valence-electron chi connectivity index (χ3n) is 4.45. The summed E-state index contributed by atoms with van der Waals surface area (Å²) >= 11 is 4.33. The Balaban J connectivity index is 0.00000131. The van der Waals surface area contributed by atoms with Crippen molar-refractivity contribution in [2.45, 2.75) is 37.2 Å². The summed E-state index contributed by atoms with van der Waals surface area (Å²) in [6, 6.07) is 9.73. The molecule has 3 heterocycles. The lowest BCUT2D eigenvalue weighted by Gasteiger charge is -2.17. The number of hydrogen-bond donors (Lipinski definition) is 3. The predicted octanol–water partition coefficient (Wildman–Crippen LogP) is 1.95. The fraction of sp³-hybridized carbons (Fsp3) is 0.316. The summed E-state index contributed by atoms with van der Waals surface area (Å²) in [6.07, 6.45) is 3.65. The first-order valence-corrected chi connectivity index (χ1v) is 8.69. The number of nitrogens with one attached hydrogen (secondary N) is 1. The largest absolute Gasteiger partial charge is 0.412 e. The number of benzene rings is 1. The first-order chi connectivity index (χ1) is 11.9. The molecule has 2 aromatic heterocycles. The molecule has 1 aliphatic rings. The van der Waals surface area contributed by atoms with Crippen LogP contribution >= 0.6 is 12.6 Å². The Morgan fingerprint density at radius 3 is 2.50 bits per heavy atom. The van der Waals surface area contributed by atoms with E-state index in [1.807, 2.05) is 50.4 Å². The Kier molecular flexibility index (Phi) is 7.60. The first kappa shape index (κ1) is 23.9. The second-order valence-electron chi connectivity index (χ2n) is 6.76. The number of aromatic nitrogens is 2. The molecular formula is C19H27N3O5S. The van der Waals surface area contributed by atoms with Gasteiger partial charge in [-0.2, -0.15) is 0 Å². The van der Waals surface area contributed by atoms with E-state index in [1.165, 1.54) is 0 Å². The van der Waals surface area contributed by atoms with E-state index in [-0.39, 0.29) is 28.8 Å². The van der Waals surface area contributed by atoms with Crippen LogP contribution in [0.1, 0.15) is 13.8 Å². The highest BCUT2D eigenvalue weighted by Crippen LogP contribution is 2.30. The third kappa shape index (κ3) is 4.46. The lowest BCUT2D eigenvalue weighted by molar-refractivity contribution is -0.139. The van der Waals surface area contributed by atoms with Crippen LogP contribution in [0.15, 0.2) is 52.4 Å². The Hall–Kier alpha value is -2.14. The van der Waals surface area contributed by atoms with E-state index in [0.29, 0.717) is 18.5 Å². The quantitative estimate of drug-likeness (QED) is 0.565. The third-order valence-corrected chi connectivity index (χ3v) is 4.75. The van der Waals surface area contributed by atoms with Gasteiger partial charge in [0, 0.05) is 22.9 Å². The van der Waals surface area contributed by atoms with E-state index in [1.54, 1.807) is 6.20 Å². The molecule has 28 heavy (non-hydrogen) atoms. The summed E-state index contributed by atoms with van der Waals surface area (Å²) in [5.74, 6) is -0.559. The van der Waals surface area contributed by atoms with Crippen LogP contribution in [0, 0.1) is 0 Å². The fourth-order valence-corrected chi connectivity index (χ4v) is 3.49. The van der Waals surface area contributed by atoms with Crippen LogP contribution in [-0.4, -0.2) is 39.0 Å². The maximum atomic E-state index is 12.5. The van der Waals surface area contributed by atoms with Gasteiger partial charge < -0.3 is 36.1 Å². The number of fused-ring (bicyclic) bond motifs is 1. The van der Waals surface area contributed by atoms with E-state index in [4.69, 9.17) is 9.47 Å². The minimum atomic E-state index is -0.559. The van der Waals surface area contributed by atoms with Crippen LogP contribution < -0.4 is 11.7 Å². The normalized spacial score (nSPS) is 17.5. The molecule has 1 aliphatic heterocycles. The van der Waals surface area contributed by atoms with Crippen molar-refractivity contribution in [1.29, 1.82) is 0 Å². The van der Waals surface area contributed by atoms with Crippen molar-refractivity contribution in [2.24, 2.45) is 0 Å². The number of thiol groups is 1. The van der Waals surface area contributed by atoms with Crippen LogP contribution in [0.3, 0.4) is 0 Å². The van der Waals surface area contributed by atoms with Crippen molar-refractivity contribution in [3.8, 4) is 11.1 Å². The van der Waals surface area contributed by atoms with Crippen molar-refractivity contribution < 1.29 is 20.4 Å². The van der Waals surface area contributed by atoms with Crippen LogP contribution in [0.25, 0.3) is 22.0 Å². The second-order valence-corrected chi connectivity index (χ2v) is 7.28. The van der Waals surface area contributed by atoms with Crippen molar-refractivity contribution >= 4 is 23.5 Å². The van der Waals surface area contributed by atoms with Crippen LogP contribution in [0.2, 0.25) is 0 Å². The van der Waals surface area contributed by atoms with Crippen molar-refractivity contribution in [3.05, 3.63) is 53.1 Å².